The lowest BCUT2D eigenvalue weighted by molar-refractivity contribution is -0.138. The number of nitrogens with zero attached hydrogens (tertiary/aromatic N) is 2. The van der Waals surface area contributed by atoms with Crippen molar-refractivity contribution in [2.75, 3.05) is 6.54 Å². The number of hydrogen-bond donors (Lipinski definition) is 1. The van der Waals surface area contributed by atoms with E-state index in [1.165, 1.54) is 4.90 Å². The Kier molecular flexibility index (Phi) is 3.49. The van der Waals surface area contributed by atoms with Crippen molar-refractivity contribution in [1.29, 1.82) is 0 Å². The first kappa shape index (κ1) is 11.7. The minimum Gasteiger partial charge on any atom is -0.300 e. The van der Waals surface area contributed by atoms with E-state index in [0.717, 1.165) is 5.69 Å². The van der Waals surface area contributed by atoms with Gasteiger partial charge in [0.25, 0.3) is 0 Å². The number of likely N-dealkylation sites (tertiary alicyclic amines) is 1. The van der Waals surface area contributed by atoms with Crippen LogP contribution in [-0.4, -0.2) is 34.3 Å². The first-order valence-electron chi connectivity index (χ1n) is 5.70. The predicted molar refractivity (Wildman–Crippen MR) is 61.9 cm³/mol. The molecule has 1 saturated heterocycles. The number of likely N-dealkylation sites (N-methyl/N-ethyl adjacent to an activating group) is 1. The molecule has 1 atom stereocenters. The first-order valence-corrected chi connectivity index (χ1v) is 5.70. The monoisotopic (exact) mass is 233 g/mol. The number of aromatic nitrogens is 1. The summed E-state index contributed by atoms with van der Waals surface area (Å²) >= 11 is 0. The topological polar surface area (TPSA) is 62.3 Å². The van der Waals surface area contributed by atoms with Crippen molar-refractivity contribution in [3.8, 4) is 0 Å². The van der Waals surface area contributed by atoms with Crippen LogP contribution in [0.15, 0.2) is 24.4 Å². The van der Waals surface area contributed by atoms with Gasteiger partial charge in [-0.1, -0.05) is 6.07 Å². The highest BCUT2D eigenvalue weighted by molar-refractivity contribution is 6.05. The molecule has 5 heteroatoms. The van der Waals surface area contributed by atoms with Gasteiger partial charge in [-0.3, -0.25) is 24.8 Å². The molecule has 2 rings (SSSR count). The quantitative estimate of drug-likeness (QED) is 0.761. The predicted octanol–water partition coefficient (Wildman–Crippen LogP) is 0.319. The third-order valence-electron chi connectivity index (χ3n) is 2.82. The van der Waals surface area contributed by atoms with Crippen LogP contribution in [0.5, 0.6) is 0 Å². The number of amides is 2. The summed E-state index contributed by atoms with van der Waals surface area (Å²) in [7, 11) is 0. The minimum absolute atomic E-state index is 0.101. The zero-order valence-corrected chi connectivity index (χ0v) is 9.72. The number of carbonyl (C=O) groups is 2. The molecule has 2 amide bonds. The van der Waals surface area contributed by atoms with Crippen molar-refractivity contribution in [1.82, 2.24) is 15.2 Å². The van der Waals surface area contributed by atoms with Crippen molar-refractivity contribution < 1.29 is 9.59 Å². The van der Waals surface area contributed by atoms with Crippen LogP contribution in [-0.2, 0) is 16.1 Å². The molecule has 1 aliphatic heterocycles. The van der Waals surface area contributed by atoms with Crippen molar-refractivity contribution in [2.45, 2.75) is 25.9 Å². The molecule has 5 nitrogen and oxygen atoms in total. The van der Waals surface area contributed by atoms with E-state index in [0.29, 0.717) is 13.1 Å². The second-order valence-corrected chi connectivity index (χ2v) is 3.93. The van der Waals surface area contributed by atoms with Crippen LogP contribution in [0.2, 0.25) is 0 Å². The highest BCUT2D eigenvalue weighted by atomic mass is 16.2. The van der Waals surface area contributed by atoms with Crippen molar-refractivity contribution in [3.63, 3.8) is 0 Å². The van der Waals surface area contributed by atoms with Gasteiger partial charge in [0.15, 0.2) is 0 Å². The molecule has 90 valence electrons. The fourth-order valence-corrected chi connectivity index (χ4v) is 1.91. The second kappa shape index (κ2) is 5.05. The smallest absolute Gasteiger partial charge is 0.246 e. The molecule has 0 radical (unpaired) electrons. The lowest BCUT2D eigenvalue weighted by atomic mass is 10.2. The number of imide groups is 1. The molecule has 1 aliphatic rings. The van der Waals surface area contributed by atoms with Gasteiger partial charge in [-0.25, -0.2) is 0 Å². The van der Waals surface area contributed by atoms with E-state index in [9.17, 15) is 9.59 Å². The van der Waals surface area contributed by atoms with Gasteiger partial charge in [-0.15, -0.1) is 0 Å². The molecule has 0 aromatic carbocycles. The van der Waals surface area contributed by atoms with E-state index < -0.39 is 6.04 Å². The minimum atomic E-state index is -0.399. The molecule has 1 N–H and O–H groups in total. The molecule has 1 unspecified atom stereocenters. The van der Waals surface area contributed by atoms with Gasteiger partial charge >= 0.3 is 0 Å². The van der Waals surface area contributed by atoms with E-state index >= 15 is 0 Å². The van der Waals surface area contributed by atoms with Crippen LogP contribution >= 0.6 is 0 Å². The molecule has 1 aromatic rings. The lowest BCUT2D eigenvalue weighted by Gasteiger charge is -2.12. The SMILES string of the molecule is CCN1C(=O)CC(NCc2ccccn2)C1=O. The van der Waals surface area contributed by atoms with Crippen LogP contribution in [0.25, 0.3) is 0 Å². The lowest BCUT2D eigenvalue weighted by Crippen LogP contribution is -2.38. The zero-order chi connectivity index (χ0) is 12.3. The maximum absolute atomic E-state index is 11.8. The Bertz CT molecular complexity index is 419. The van der Waals surface area contributed by atoms with Crippen LogP contribution in [0.1, 0.15) is 19.0 Å². The summed E-state index contributed by atoms with van der Waals surface area (Å²) in [5.41, 5.74) is 0.864. The van der Waals surface area contributed by atoms with Crippen molar-refractivity contribution >= 4 is 11.8 Å². The summed E-state index contributed by atoms with van der Waals surface area (Å²) in [6.45, 7) is 2.75. The van der Waals surface area contributed by atoms with Gasteiger partial charge in [-0.05, 0) is 19.1 Å². The Morgan fingerprint density at radius 2 is 2.29 bits per heavy atom. The number of rotatable bonds is 4. The second-order valence-electron chi connectivity index (χ2n) is 3.93. The number of carbonyl (C=O) groups excluding carboxylic acids is 2. The van der Waals surface area contributed by atoms with Crippen LogP contribution in [0.3, 0.4) is 0 Å². The fraction of sp³-hybridized carbons (Fsp3) is 0.417. The Hall–Kier alpha value is -1.75. The molecular weight excluding hydrogens is 218 g/mol. The van der Waals surface area contributed by atoms with Crippen LogP contribution < -0.4 is 5.32 Å². The summed E-state index contributed by atoms with van der Waals surface area (Å²) in [5.74, 6) is -0.232. The molecule has 17 heavy (non-hydrogen) atoms. The molecular formula is C12H15N3O2. The Morgan fingerprint density at radius 3 is 2.88 bits per heavy atom. The molecule has 0 saturated carbocycles. The number of hydrogen-bond acceptors (Lipinski definition) is 4. The maximum Gasteiger partial charge on any atom is 0.246 e. The Labute approximate surface area is 99.8 Å². The average Bonchev–Trinajstić information content (AvgIpc) is 2.63. The fourth-order valence-electron chi connectivity index (χ4n) is 1.91. The van der Waals surface area contributed by atoms with E-state index in [-0.39, 0.29) is 18.2 Å². The highest BCUT2D eigenvalue weighted by Gasteiger charge is 2.36. The summed E-state index contributed by atoms with van der Waals surface area (Å²) in [4.78, 5) is 28.7. The van der Waals surface area contributed by atoms with Crippen molar-refractivity contribution in [2.24, 2.45) is 0 Å². The standard InChI is InChI=1S/C12H15N3O2/c1-2-15-11(16)7-10(12(15)17)14-8-9-5-3-4-6-13-9/h3-6,10,14H,2,7-8H2,1H3. The molecule has 1 aromatic heterocycles. The summed E-state index contributed by atoms with van der Waals surface area (Å²) < 4.78 is 0. The van der Waals surface area contributed by atoms with E-state index in [2.05, 4.69) is 10.3 Å². The van der Waals surface area contributed by atoms with E-state index in [1.807, 2.05) is 18.2 Å². The molecule has 2 heterocycles. The van der Waals surface area contributed by atoms with Gasteiger partial charge in [0.2, 0.25) is 11.8 Å². The van der Waals surface area contributed by atoms with E-state index in [4.69, 9.17) is 0 Å². The third kappa shape index (κ3) is 2.50. The first-order chi connectivity index (χ1) is 8.22. The van der Waals surface area contributed by atoms with Crippen LogP contribution in [0, 0.1) is 0 Å². The van der Waals surface area contributed by atoms with Crippen LogP contribution in [0.4, 0.5) is 0 Å². The molecule has 1 fully saturated rings. The summed E-state index contributed by atoms with van der Waals surface area (Å²) in [5, 5.41) is 3.07. The number of nitrogens with one attached hydrogen (secondary N) is 1. The van der Waals surface area contributed by atoms with Gasteiger partial charge < -0.3 is 0 Å². The highest BCUT2D eigenvalue weighted by Crippen LogP contribution is 2.12. The largest absolute Gasteiger partial charge is 0.300 e. The zero-order valence-electron chi connectivity index (χ0n) is 9.72. The van der Waals surface area contributed by atoms with Crippen molar-refractivity contribution in [3.05, 3.63) is 30.1 Å². The Morgan fingerprint density at radius 1 is 1.47 bits per heavy atom. The summed E-state index contributed by atoms with van der Waals surface area (Å²) in [6.07, 6.45) is 1.95. The summed E-state index contributed by atoms with van der Waals surface area (Å²) in [6, 6.07) is 5.21. The Balaban J connectivity index is 1.93. The third-order valence-corrected chi connectivity index (χ3v) is 2.82. The average molecular weight is 233 g/mol. The molecule has 0 bridgehead atoms. The van der Waals surface area contributed by atoms with E-state index in [1.54, 1.807) is 13.1 Å². The molecule has 0 spiro atoms. The number of pyridine rings is 1. The van der Waals surface area contributed by atoms with Gasteiger partial charge in [0.05, 0.1) is 18.2 Å². The van der Waals surface area contributed by atoms with Gasteiger partial charge in [-0.2, -0.15) is 0 Å². The maximum atomic E-state index is 11.8. The van der Waals surface area contributed by atoms with Gasteiger partial charge in [0, 0.05) is 19.3 Å². The molecule has 0 aliphatic carbocycles. The normalized spacial score (nSPS) is 20.1. The van der Waals surface area contributed by atoms with Gasteiger partial charge in [0.1, 0.15) is 0 Å².